The Kier molecular flexibility index (Phi) is 5.22. The third-order valence-corrected chi connectivity index (χ3v) is 1.91. The van der Waals surface area contributed by atoms with Gasteiger partial charge < -0.3 is 9.57 Å². The molecule has 0 spiro atoms. The second-order valence-corrected chi connectivity index (χ2v) is 3.11. The van der Waals surface area contributed by atoms with Crippen LogP contribution in [0.5, 0.6) is 0 Å². The number of rotatable bonds is 6. The van der Waals surface area contributed by atoms with E-state index in [2.05, 4.69) is 5.16 Å². The first-order valence-corrected chi connectivity index (χ1v) is 5.09. The Morgan fingerprint density at radius 1 is 1.31 bits per heavy atom. The summed E-state index contributed by atoms with van der Waals surface area (Å²) in [4.78, 5) is 16.6. The first-order chi connectivity index (χ1) is 7.75. The van der Waals surface area contributed by atoms with Crippen LogP contribution in [0.15, 0.2) is 35.5 Å². The second kappa shape index (κ2) is 6.74. The van der Waals surface area contributed by atoms with Gasteiger partial charge in [-0.1, -0.05) is 35.5 Å². The minimum atomic E-state index is -0.142. The highest BCUT2D eigenvalue weighted by Crippen LogP contribution is 2.01. The molecule has 0 aliphatic heterocycles. The summed E-state index contributed by atoms with van der Waals surface area (Å²) < 4.78 is 4.93. The van der Waals surface area contributed by atoms with Crippen molar-refractivity contribution in [2.45, 2.75) is 13.8 Å². The number of oxime groups is 1. The molecule has 0 bridgehead atoms. The second-order valence-electron chi connectivity index (χ2n) is 3.11. The fraction of sp³-hybridized carbons (Fsp3) is 0.333. The van der Waals surface area contributed by atoms with Crippen molar-refractivity contribution < 1.29 is 14.4 Å². The van der Waals surface area contributed by atoms with Crippen LogP contribution in [0.1, 0.15) is 24.2 Å². The monoisotopic (exact) mass is 221 g/mol. The number of nitrogens with zero attached hydrogens (tertiary/aromatic N) is 1. The summed E-state index contributed by atoms with van der Waals surface area (Å²) >= 11 is 0. The molecule has 0 atom stereocenters. The topological polar surface area (TPSA) is 47.9 Å². The lowest BCUT2D eigenvalue weighted by Crippen LogP contribution is -2.11. The van der Waals surface area contributed by atoms with Gasteiger partial charge in [0.15, 0.2) is 0 Å². The van der Waals surface area contributed by atoms with Gasteiger partial charge in [0.25, 0.3) is 0 Å². The lowest BCUT2D eigenvalue weighted by atomic mass is 10.1. The maximum Gasteiger partial charge on any atom is 0.216 e. The van der Waals surface area contributed by atoms with Crippen LogP contribution in [0.2, 0.25) is 0 Å². The summed E-state index contributed by atoms with van der Waals surface area (Å²) in [6.07, 6.45) is 0. The van der Waals surface area contributed by atoms with Gasteiger partial charge in [0, 0.05) is 12.2 Å². The van der Waals surface area contributed by atoms with Crippen LogP contribution in [0.25, 0.3) is 0 Å². The summed E-state index contributed by atoms with van der Waals surface area (Å²) in [6.45, 7) is 4.09. The Hall–Kier alpha value is -1.68. The summed E-state index contributed by atoms with van der Waals surface area (Å²) in [5.74, 6) is -0.142. The molecule has 1 aromatic rings. The van der Waals surface area contributed by atoms with Gasteiger partial charge >= 0.3 is 0 Å². The molecule has 0 amide bonds. The van der Waals surface area contributed by atoms with Crippen molar-refractivity contribution in [2.24, 2.45) is 5.16 Å². The van der Waals surface area contributed by atoms with Crippen LogP contribution in [-0.4, -0.2) is 24.9 Å². The molecule has 0 aromatic heterocycles. The van der Waals surface area contributed by atoms with E-state index in [4.69, 9.17) is 9.57 Å². The standard InChI is InChI=1S/C12H15NO3/c1-3-15-9-16-13-10(2)12(14)11-7-5-4-6-8-11/h4-8H,3,9H2,1-2H3. The van der Waals surface area contributed by atoms with E-state index < -0.39 is 0 Å². The number of hydrogen-bond donors (Lipinski definition) is 0. The van der Waals surface area contributed by atoms with Crippen molar-refractivity contribution in [1.29, 1.82) is 0 Å². The number of ether oxygens (including phenoxy) is 1. The quantitative estimate of drug-likeness (QED) is 0.243. The molecule has 4 heteroatoms. The normalized spacial score (nSPS) is 11.2. The third kappa shape index (κ3) is 3.82. The van der Waals surface area contributed by atoms with E-state index in [1.165, 1.54) is 0 Å². The maximum absolute atomic E-state index is 11.8. The summed E-state index contributed by atoms with van der Waals surface area (Å²) in [5.41, 5.74) is 0.912. The number of ketones is 1. The average molecular weight is 221 g/mol. The van der Waals surface area contributed by atoms with Gasteiger partial charge in [-0.25, -0.2) is 0 Å². The van der Waals surface area contributed by atoms with E-state index in [1.807, 2.05) is 25.1 Å². The molecule has 0 unspecified atom stereocenters. The van der Waals surface area contributed by atoms with E-state index in [0.29, 0.717) is 17.9 Å². The predicted molar refractivity (Wildman–Crippen MR) is 61.5 cm³/mol. The maximum atomic E-state index is 11.8. The van der Waals surface area contributed by atoms with Crippen LogP contribution >= 0.6 is 0 Å². The van der Waals surface area contributed by atoms with Crippen LogP contribution < -0.4 is 0 Å². The highest BCUT2D eigenvalue weighted by molar-refractivity contribution is 6.45. The minimum absolute atomic E-state index is 0.0654. The molecule has 16 heavy (non-hydrogen) atoms. The fourth-order valence-electron chi connectivity index (χ4n) is 1.08. The van der Waals surface area contributed by atoms with Crippen LogP contribution in [0.4, 0.5) is 0 Å². The van der Waals surface area contributed by atoms with Crippen molar-refractivity contribution in [3.8, 4) is 0 Å². The molecule has 0 fully saturated rings. The smallest absolute Gasteiger partial charge is 0.216 e. The van der Waals surface area contributed by atoms with Crippen LogP contribution in [-0.2, 0) is 9.57 Å². The van der Waals surface area contributed by atoms with Crippen molar-refractivity contribution in [1.82, 2.24) is 0 Å². The van der Waals surface area contributed by atoms with Crippen LogP contribution in [0, 0.1) is 0 Å². The van der Waals surface area contributed by atoms with E-state index in [9.17, 15) is 4.79 Å². The van der Waals surface area contributed by atoms with Gasteiger partial charge in [0.2, 0.25) is 12.6 Å². The zero-order valence-corrected chi connectivity index (χ0v) is 9.47. The predicted octanol–water partition coefficient (Wildman–Crippen LogP) is 2.26. The molecule has 0 aliphatic rings. The zero-order valence-electron chi connectivity index (χ0n) is 9.47. The van der Waals surface area contributed by atoms with Gasteiger partial charge in [-0.2, -0.15) is 0 Å². The number of hydrogen-bond acceptors (Lipinski definition) is 4. The fourth-order valence-corrected chi connectivity index (χ4v) is 1.08. The molecule has 0 saturated heterocycles. The van der Waals surface area contributed by atoms with Crippen LogP contribution in [0.3, 0.4) is 0 Å². The Bertz CT molecular complexity index is 360. The number of Topliss-reactive ketones (excluding diaryl/α,β-unsaturated/α-hetero) is 1. The zero-order chi connectivity index (χ0) is 11.8. The highest BCUT2D eigenvalue weighted by atomic mass is 16.7. The molecule has 4 nitrogen and oxygen atoms in total. The van der Waals surface area contributed by atoms with Crippen molar-refractivity contribution in [3.63, 3.8) is 0 Å². The molecular formula is C12H15NO3. The van der Waals surface area contributed by atoms with Gasteiger partial charge in [-0.15, -0.1) is 0 Å². The molecule has 1 rings (SSSR count). The third-order valence-electron chi connectivity index (χ3n) is 1.91. The molecule has 0 aliphatic carbocycles. The SMILES string of the molecule is CCOCON=C(C)C(=O)c1ccccc1. The largest absolute Gasteiger partial charge is 0.367 e. The average Bonchev–Trinajstić information content (AvgIpc) is 2.34. The first-order valence-electron chi connectivity index (χ1n) is 5.09. The van der Waals surface area contributed by atoms with Gasteiger partial charge in [0.05, 0.1) is 0 Å². The number of benzene rings is 1. The lowest BCUT2D eigenvalue weighted by Gasteiger charge is -2.01. The molecule has 86 valence electrons. The molecule has 0 heterocycles. The van der Waals surface area contributed by atoms with Gasteiger partial charge in [-0.05, 0) is 13.8 Å². The van der Waals surface area contributed by atoms with Crippen molar-refractivity contribution in [3.05, 3.63) is 35.9 Å². The van der Waals surface area contributed by atoms with Gasteiger partial charge in [0.1, 0.15) is 5.71 Å². The van der Waals surface area contributed by atoms with E-state index >= 15 is 0 Å². The Balaban J connectivity index is 2.54. The van der Waals surface area contributed by atoms with E-state index in [1.54, 1.807) is 19.1 Å². The summed E-state index contributed by atoms with van der Waals surface area (Å²) in [7, 11) is 0. The molecular weight excluding hydrogens is 206 g/mol. The summed E-state index contributed by atoms with van der Waals surface area (Å²) in [6, 6.07) is 8.95. The number of carbonyl (C=O) groups excluding carboxylic acids is 1. The Morgan fingerprint density at radius 3 is 2.62 bits per heavy atom. The van der Waals surface area contributed by atoms with E-state index in [-0.39, 0.29) is 12.6 Å². The minimum Gasteiger partial charge on any atom is -0.367 e. The Morgan fingerprint density at radius 2 is 2.00 bits per heavy atom. The highest BCUT2D eigenvalue weighted by Gasteiger charge is 2.08. The van der Waals surface area contributed by atoms with Crippen molar-refractivity contribution in [2.75, 3.05) is 13.4 Å². The summed E-state index contributed by atoms with van der Waals surface area (Å²) in [5, 5.41) is 3.68. The first kappa shape index (κ1) is 12.4. The Labute approximate surface area is 94.9 Å². The molecule has 0 radical (unpaired) electrons. The van der Waals surface area contributed by atoms with E-state index in [0.717, 1.165) is 0 Å². The molecule has 1 aromatic carbocycles. The molecule has 0 N–H and O–H groups in total. The molecule has 0 saturated carbocycles. The lowest BCUT2D eigenvalue weighted by molar-refractivity contribution is -0.0475. The number of carbonyl (C=O) groups is 1. The van der Waals surface area contributed by atoms with Crippen molar-refractivity contribution >= 4 is 11.5 Å². The van der Waals surface area contributed by atoms with Gasteiger partial charge in [-0.3, -0.25) is 4.79 Å².